The van der Waals surface area contributed by atoms with Crippen LogP contribution in [0.2, 0.25) is 0 Å². The summed E-state index contributed by atoms with van der Waals surface area (Å²) in [7, 11) is 0. The third-order valence-electron chi connectivity index (χ3n) is 2.68. The van der Waals surface area contributed by atoms with E-state index in [0.717, 1.165) is 0 Å². The Morgan fingerprint density at radius 3 is 2.05 bits per heavy atom. The van der Waals surface area contributed by atoms with Gasteiger partial charge < -0.3 is 22.1 Å². The normalized spacial score (nSPS) is 9.95. The lowest BCUT2D eigenvalue weighted by Crippen LogP contribution is -2.13. The number of rotatable bonds is 3. The summed E-state index contributed by atoms with van der Waals surface area (Å²) in [5, 5.41) is 5.37. The van der Waals surface area contributed by atoms with Gasteiger partial charge in [0.1, 0.15) is 0 Å². The van der Waals surface area contributed by atoms with Gasteiger partial charge in [-0.05, 0) is 36.4 Å². The van der Waals surface area contributed by atoms with Crippen molar-refractivity contribution in [3.63, 3.8) is 0 Å². The first-order valence-electron chi connectivity index (χ1n) is 6.29. The van der Waals surface area contributed by atoms with Crippen LogP contribution in [0.1, 0.15) is 17.3 Å². The molecule has 0 aromatic heterocycles. The molecule has 0 aliphatic carbocycles. The standard InChI is InChI=1S/C15H16N4O2/c1-9(20)18-13-3-2-4-14(8-13)19-15(21)10-5-11(16)7-12(17)6-10/h2-8H,16-17H2,1H3,(H,18,20)(H,19,21). The first-order valence-corrected chi connectivity index (χ1v) is 6.29. The largest absolute Gasteiger partial charge is 0.399 e. The topological polar surface area (TPSA) is 110 Å². The van der Waals surface area contributed by atoms with Gasteiger partial charge in [0.15, 0.2) is 0 Å². The summed E-state index contributed by atoms with van der Waals surface area (Å²) >= 11 is 0. The summed E-state index contributed by atoms with van der Waals surface area (Å²) in [6.45, 7) is 1.42. The lowest BCUT2D eigenvalue weighted by atomic mass is 10.1. The van der Waals surface area contributed by atoms with Crippen molar-refractivity contribution in [1.82, 2.24) is 0 Å². The van der Waals surface area contributed by atoms with Crippen LogP contribution in [-0.2, 0) is 4.79 Å². The Bertz CT molecular complexity index is 678. The van der Waals surface area contributed by atoms with Crippen LogP contribution in [0.4, 0.5) is 22.7 Å². The molecule has 2 aromatic rings. The average Bonchev–Trinajstić information content (AvgIpc) is 2.37. The Morgan fingerprint density at radius 2 is 1.48 bits per heavy atom. The molecule has 0 saturated carbocycles. The van der Waals surface area contributed by atoms with Crippen LogP contribution in [0, 0.1) is 0 Å². The number of nitrogens with two attached hydrogens (primary N) is 2. The van der Waals surface area contributed by atoms with Crippen LogP contribution in [0.25, 0.3) is 0 Å². The van der Waals surface area contributed by atoms with Gasteiger partial charge in [0.25, 0.3) is 5.91 Å². The molecule has 0 atom stereocenters. The maximum absolute atomic E-state index is 12.1. The van der Waals surface area contributed by atoms with Crippen LogP contribution in [0.5, 0.6) is 0 Å². The van der Waals surface area contributed by atoms with Gasteiger partial charge in [-0.25, -0.2) is 0 Å². The molecule has 0 bridgehead atoms. The zero-order chi connectivity index (χ0) is 15.4. The van der Waals surface area contributed by atoms with Crippen molar-refractivity contribution in [2.45, 2.75) is 6.92 Å². The molecule has 6 nitrogen and oxygen atoms in total. The number of nitrogens with one attached hydrogen (secondary N) is 2. The Hall–Kier alpha value is -3.02. The van der Waals surface area contributed by atoms with Crippen molar-refractivity contribution < 1.29 is 9.59 Å². The fourth-order valence-corrected chi connectivity index (χ4v) is 1.89. The highest BCUT2D eigenvalue weighted by atomic mass is 16.2. The Balaban J connectivity index is 2.17. The third kappa shape index (κ3) is 3.97. The predicted molar refractivity (Wildman–Crippen MR) is 84.0 cm³/mol. The highest BCUT2D eigenvalue weighted by Gasteiger charge is 2.08. The smallest absolute Gasteiger partial charge is 0.255 e. The molecule has 2 amide bonds. The Kier molecular flexibility index (Phi) is 4.08. The van der Waals surface area contributed by atoms with E-state index in [1.54, 1.807) is 42.5 Å². The summed E-state index contributed by atoms with van der Waals surface area (Å²) in [6.07, 6.45) is 0. The zero-order valence-electron chi connectivity index (χ0n) is 11.5. The van der Waals surface area contributed by atoms with Crippen molar-refractivity contribution in [2.24, 2.45) is 0 Å². The number of carbonyl (C=O) groups excluding carboxylic acids is 2. The van der Waals surface area contributed by atoms with Crippen molar-refractivity contribution in [2.75, 3.05) is 22.1 Å². The minimum absolute atomic E-state index is 0.179. The second kappa shape index (κ2) is 5.96. The maximum atomic E-state index is 12.1. The highest BCUT2D eigenvalue weighted by molar-refractivity contribution is 6.05. The molecule has 108 valence electrons. The fraction of sp³-hybridized carbons (Fsp3) is 0.0667. The quantitative estimate of drug-likeness (QED) is 0.646. The first-order chi connectivity index (χ1) is 9.94. The number of carbonyl (C=O) groups is 2. The molecular formula is C15H16N4O2. The van der Waals surface area contributed by atoms with E-state index in [-0.39, 0.29) is 11.8 Å². The minimum Gasteiger partial charge on any atom is -0.399 e. The highest BCUT2D eigenvalue weighted by Crippen LogP contribution is 2.18. The van der Waals surface area contributed by atoms with E-state index in [9.17, 15) is 9.59 Å². The van der Waals surface area contributed by atoms with E-state index in [4.69, 9.17) is 11.5 Å². The van der Waals surface area contributed by atoms with Gasteiger partial charge in [0, 0.05) is 35.2 Å². The molecular weight excluding hydrogens is 268 g/mol. The van der Waals surface area contributed by atoms with Gasteiger partial charge in [-0.3, -0.25) is 9.59 Å². The monoisotopic (exact) mass is 284 g/mol. The van der Waals surface area contributed by atoms with Crippen LogP contribution in [-0.4, -0.2) is 11.8 Å². The molecule has 0 heterocycles. The SMILES string of the molecule is CC(=O)Nc1cccc(NC(=O)c2cc(N)cc(N)c2)c1. The van der Waals surface area contributed by atoms with Crippen LogP contribution in [0.3, 0.4) is 0 Å². The number of amides is 2. The molecule has 0 spiro atoms. The van der Waals surface area contributed by atoms with Crippen LogP contribution >= 0.6 is 0 Å². The van der Waals surface area contributed by atoms with Gasteiger partial charge >= 0.3 is 0 Å². The first kappa shape index (κ1) is 14.4. The molecule has 0 unspecified atom stereocenters. The molecule has 2 aromatic carbocycles. The Morgan fingerprint density at radius 1 is 0.905 bits per heavy atom. The maximum Gasteiger partial charge on any atom is 0.255 e. The molecule has 0 saturated heterocycles. The number of benzene rings is 2. The zero-order valence-corrected chi connectivity index (χ0v) is 11.5. The summed E-state index contributed by atoms with van der Waals surface area (Å²) in [5.41, 5.74) is 13.7. The van der Waals surface area contributed by atoms with Gasteiger partial charge in [0.05, 0.1) is 0 Å². The molecule has 21 heavy (non-hydrogen) atoms. The second-order valence-electron chi connectivity index (χ2n) is 4.60. The van der Waals surface area contributed by atoms with Crippen LogP contribution < -0.4 is 22.1 Å². The molecule has 2 rings (SSSR count). The molecule has 0 aliphatic rings. The molecule has 0 aliphatic heterocycles. The number of anilines is 4. The number of hydrogen-bond donors (Lipinski definition) is 4. The fourth-order valence-electron chi connectivity index (χ4n) is 1.89. The second-order valence-corrected chi connectivity index (χ2v) is 4.60. The lowest BCUT2D eigenvalue weighted by molar-refractivity contribution is -0.114. The summed E-state index contributed by atoms with van der Waals surface area (Å²) in [5.74, 6) is -0.504. The Labute approximate surface area is 122 Å². The molecule has 0 fully saturated rings. The number of nitrogen functional groups attached to an aromatic ring is 2. The van der Waals surface area contributed by atoms with Gasteiger partial charge in [-0.1, -0.05) is 6.07 Å². The van der Waals surface area contributed by atoms with Gasteiger partial charge in [0.2, 0.25) is 5.91 Å². The van der Waals surface area contributed by atoms with E-state index in [1.165, 1.54) is 6.92 Å². The van der Waals surface area contributed by atoms with Crippen molar-refractivity contribution >= 4 is 34.6 Å². The van der Waals surface area contributed by atoms with Crippen LogP contribution in [0.15, 0.2) is 42.5 Å². The van der Waals surface area contributed by atoms with E-state index >= 15 is 0 Å². The molecule has 6 heteroatoms. The van der Waals surface area contributed by atoms with Crippen molar-refractivity contribution in [1.29, 1.82) is 0 Å². The predicted octanol–water partition coefficient (Wildman–Crippen LogP) is 2.06. The summed E-state index contributed by atoms with van der Waals surface area (Å²) < 4.78 is 0. The van der Waals surface area contributed by atoms with Crippen molar-refractivity contribution in [3.8, 4) is 0 Å². The number of hydrogen-bond acceptors (Lipinski definition) is 4. The minimum atomic E-state index is -0.325. The van der Waals surface area contributed by atoms with Crippen molar-refractivity contribution in [3.05, 3.63) is 48.0 Å². The van der Waals surface area contributed by atoms with E-state index in [2.05, 4.69) is 10.6 Å². The lowest BCUT2D eigenvalue weighted by Gasteiger charge is -2.09. The third-order valence-corrected chi connectivity index (χ3v) is 2.68. The van der Waals surface area contributed by atoms with E-state index < -0.39 is 0 Å². The summed E-state index contributed by atoms with van der Waals surface area (Å²) in [4.78, 5) is 23.2. The van der Waals surface area contributed by atoms with E-state index in [0.29, 0.717) is 28.3 Å². The van der Waals surface area contributed by atoms with E-state index in [1.807, 2.05) is 0 Å². The van der Waals surface area contributed by atoms with Gasteiger partial charge in [-0.15, -0.1) is 0 Å². The van der Waals surface area contributed by atoms with Gasteiger partial charge in [-0.2, -0.15) is 0 Å². The summed E-state index contributed by atoms with van der Waals surface area (Å²) in [6, 6.07) is 11.5. The average molecular weight is 284 g/mol. The molecule has 6 N–H and O–H groups in total. The molecule has 0 radical (unpaired) electrons.